The highest BCUT2D eigenvalue weighted by Gasteiger charge is 1.95. The largest absolute Gasteiger partial charge is 0.463 e. The summed E-state index contributed by atoms with van der Waals surface area (Å²) in [4.78, 5) is 11.2. The van der Waals surface area contributed by atoms with Crippen molar-refractivity contribution in [1.82, 2.24) is 0 Å². The Morgan fingerprint density at radius 3 is 2.59 bits per heavy atom. The maximum atomic E-state index is 11.2. The second-order valence-electron chi connectivity index (χ2n) is 3.53. The molecule has 0 unspecified atom stereocenters. The standard InChI is InChI=1S/C14H15BrO2/c1-3-17-14(16)10-11(2)4-5-12-6-8-13(15)9-7-12/h4-10H,3H2,1-2H3. The normalized spacial score (nSPS) is 11.8. The molecule has 0 spiro atoms. The lowest BCUT2D eigenvalue weighted by Crippen LogP contribution is -1.99. The molecule has 0 aliphatic rings. The van der Waals surface area contributed by atoms with Crippen LogP contribution in [0.4, 0.5) is 0 Å². The summed E-state index contributed by atoms with van der Waals surface area (Å²) in [5.74, 6) is -0.301. The fraction of sp³-hybridized carbons (Fsp3) is 0.214. The van der Waals surface area contributed by atoms with Crippen molar-refractivity contribution in [3.05, 3.63) is 52.0 Å². The molecule has 2 nitrogen and oxygen atoms in total. The van der Waals surface area contributed by atoms with Gasteiger partial charge in [-0.1, -0.05) is 40.2 Å². The monoisotopic (exact) mass is 294 g/mol. The average molecular weight is 295 g/mol. The number of hydrogen-bond donors (Lipinski definition) is 0. The summed E-state index contributed by atoms with van der Waals surface area (Å²) in [6, 6.07) is 7.95. The van der Waals surface area contributed by atoms with E-state index in [1.807, 2.05) is 43.3 Å². The Bertz CT molecular complexity index is 430. The van der Waals surface area contributed by atoms with Crippen LogP contribution in [0.5, 0.6) is 0 Å². The smallest absolute Gasteiger partial charge is 0.330 e. The van der Waals surface area contributed by atoms with Crippen molar-refractivity contribution in [2.24, 2.45) is 0 Å². The molecular weight excluding hydrogens is 280 g/mol. The van der Waals surface area contributed by atoms with Gasteiger partial charge in [-0.2, -0.15) is 0 Å². The lowest BCUT2D eigenvalue weighted by atomic mass is 10.1. The van der Waals surface area contributed by atoms with Gasteiger partial charge in [0.25, 0.3) is 0 Å². The Morgan fingerprint density at radius 2 is 2.00 bits per heavy atom. The van der Waals surface area contributed by atoms with Crippen LogP contribution in [0.3, 0.4) is 0 Å². The number of carbonyl (C=O) groups excluding carboxylic acids is 1. The topological polar surface area (TPSA) is 26.3 Å². The van der Waals surface area contributed by atoms with Gasteiger partial charge in [-0.25, -0.2) is 4.79 Å². The number of allylic oxidation sites excluding steroid dienone is 2. The molecule has 0 aliphatic heterocycles. The lowest BCUT2D eigenvalue weighted by molar-refractivity contribution is -0.137. The van der Waals surface area contributed by atoms with E-state index >= 15 is 0 Å². The maximum Gasteiger partial charge on any atom is 0.330 e. The predicted octanol–water partition coefficient (Wildman–Crippen LogP) is 3.97. The molecule has 0 radical (unpaired) electrons. The first-order valence-electron chi connectivity index (χ1n) is 5.40. The van der Waals surface area contributed by atoms with Gasteiger partial charge in [0.1, 0.15) is 0 Å². The van der Waals surface area contributed by atoms with Crippen molar-refractivity contribution >= 4 is 28.0 Å². The highest BCUT2D eigenvalue weighted by molar-refractivity contribution is 9.10. The maximum absolute atomic E-state index is 11.2. The van der Waals surface area contributed by atoms with Crippen molar-refractivity contribution in [2.75, 3.05) is 6.61 Å². The van der Waals surface area contributed by atoms with E-state index in [1.165, 1.54) is 6.08 Å². The molecule has 0 heterocycles. The third-order valence-electron chi connectivity index (χ3n) is 2.04. The van der Waals surface area contributed by atoms with Gasteiger partial charge in [0.15, 0.2) is 0 Å². The number of benzene rings is 1. The molecule has 0 bridgehead atoms. The fourth-order valence-corrected chi connectivity index (χ4v) is 1.48. The van der Waals surface area contributed by atoms with E-state index in [9.17, 15) is 4.79 Å². The Labute approximate surface area is 110 Å². The fourth-order valence-electron chi connectivity index (χ4n) is 1.22. The van der Waals surface area contributed by atoms with Crippen LogP contribution in [-0.4, -0.2) is 12.6 Å². The minimum Gasteiger partial charge on any atom is -0.463 e. The van der Waals surface area contributed by atoms with Crippen LogP contribution in [0.25, 0.3) is 6.08 Å². The van der Waals surface area contributed by atoms with Gasteiger partial charge >= 0.3 is 5.97 Å². The summed E-state index contributed by atoms with van der Waals surface area (Å²) in [5.41, 5.74) is 1.95. The van der Waals surface area contributed by atoms with Gasteiger partial charge < -0.3 is 4.74 Å². The highest BCUT2D eigenvalue weighted by atomic mass is 79.9. The first kappa shape index (κ1) is 13.7. The van der Waals surface area contributed by atoms with E-state index in [-0.39, 0.29) is 5.97 Å². The molecule has 0 amide bonds. The number of ether oxygens (including phenoxy) is 1. The van der Waals surface area contributed by atoms with Gasteiger partial charge in [0.2, 0.25) is 0 Å². The highest BCUT2D eigenvalue weighted by Crippen LogP contribution is 2.12. The number of hydrogen-bond acceptors (Lipinski definition) is 2. The second kappa shape index (κ2) is 7.07. The van der Waals surface area contributed by atoms with E-state index in [0.717, 1.165) is 15.6 Å². The quantitative estimate of drug-likeness (QED) is 0.477. The molecular formula is C14H15BrO2. The summed E-state index contributed by atoms with van der Waals surface area (Å²) in [7, 11) is 0. The zero-order valence-corrected chi connectivity index (χ0v) is 11.5. The van der Waals surface area contributed by atoms with Crippen molar-refractivity contribution in [2.45, 2.75) is 13.8 Å². The lowest BCUT2D eigenvalue weighted by Gasteiger charge is -1.97. The number of halogens is 1. The van der Waals surface area contributed by atoms with Crippen LogP contribution in [0.15, 0.2) is 46.5 Å². The Morgan fingerprint density at radius 1 is 1.35 bits per heavy atom. The third kappa shape index (κ3) is 5.50. The minimum atomic E-state index is -0.301. The van der Waals surface area contributed by atoms with Gasteiger partial charge in [-0.15, -0.1) is 0 Å². The van der Waals surface area contributed by atoms with Crippen LogP contribution in [0.1, 0.15) is 19.4 Å². The average Bonchev–Trinajstić information content (AvgIpc) is 2.28. The van der Waals surface area contributed by atoms with Gasteiger partial charge in [-0.05, 0) is 37.1 Å². The van der Waals surface area contributed by atoms with E-state index < -0.39 is 0 Å². The predicted molar refractivity (Wildman–Crippen MR) is 73.6 cm³/mol. The van der Waals surface area contributed by atoms with Crippen molar-refractivity contribution in [3.8, 4) is 0 Å². The Kier molecular flexibility index (Phi) is 5.70. The van der Waals surface area contributed by atoms with Crippen LogP contribution >= 0.6 is 15.9 Å². The first-order valence-corrected chi connectivity index (χ1v) is 6.20. The summed E-state index contributed by atoms with van der Waals surface area (Å²) >= 11 is 3.38. The van der Waals surface area contributed by atoms with E-state index in [0.29, 0.717) is 6.61 Å². The van der Waals surface area contributed by atoms with Crippen LogP contribution in [0.2, 0.25) is 0 Å². The molecule has 17 heavy (non-hydrogen) atoms. The summed E-state index contributed by atoms with van der Waals surface area (Å²) in [5, 5.41) is 0. The second-order valence-corrected chi connectivity index (χ2v) is 4.44. The van der Waals surface area contributed by atoms with Gasteiger partial charge in [-0.3, -0.25) is 0 Å². The van der Waals surface area contributed by atoms with Gasteiger partial charge in [0.05, 0.1) is 6.61 Å². The Balaban J connectivity index is 2.64. The summed E-state index contributed by atoms with van der Waals surface area (Å²) < 4.78 is 5.87. The molecule has 0 N–H and O–H groups in total. The molecule has 90 valence electrons. The minimum absolute atomic E-state index is 0.301. The third-order valence-corrected chi connectivity index (χ3v) is 2.57. The van der Waals surface area contributed by atoms with Crippen molar-refractivity contribution < 1.29 is 9.53 Å². The number of esters is 1. The summed E-state index contributed by atoms with van der Waals surface area (Å²) in [6.07, 6.45) is 5.33. The molecule has 1 aromatic carbocycles. The summed E-state index contributed by atoms with van der Waals surface area (Å²) in [6.45, 7) is 4.06. The van der Waals surface area contributed by atoms with E-state index in [2.05, 4.69) is 15.9 Å². The molecule has 1 rings (SSSR count). The Hall–Kier alpha value is -1.35. The SMILES string of the molecule is CCOC(=O)C=C(C)C=Cc1ccc(Br)cc1. The molecule has 0 saturated heterocycles. The zero-order valence-electron chi connectivity index (χ0n) is 9.94. The van der Waals surface area contributed by atoms with Gasteiger partial charge in [0, 0.05) is 10.5 Å². The zero-order chi connectivity index (χ0) is 12.7. The van der Waals surface area contributed by atoms with Crippen LogP contribution < -0.4 is 0 Å². The molecule has 0 aromatic heterocycles. The molecule has 0 aliphatic carbocycles. The molecule has 3 heteroatoms. The molecule has 1 aromatic rings. The molecule has 0 saturated carbocycles. The van der Waals surface area contributed by atoms with Crippen LogP contribution in [-0.2, 0) is 9.53 Å². The molecule has 0 fully saturated rings. The first-order chi connectivity index (χ1) is 8.11. The van der Waals surface area contributed by atoms with Crippen molar-refractivity contribution in [3.63, 3.8) is 0 Å². The van der Waals surface area contributed by atoms with Crippen molar-refractivity contribution in [1.29, 1.82) is 0 Å². The van der Waals surface area contributed by atoms with E-state index in [1.54, 1.807) is 6.92 Å². The number of rotatable bonds is 4. The van der Waals surface area contributed by atoms with Crippen LogP contribution in [0, 0.1) is 0 Å². The molecule has 0 atom stereocenters. The van der Waals surface area contributed by atoms with E-state index in [4.69, 9.17) is 4.74 Å². The number of carbonyl (C=O) groups is 1.